The van der Waals surface area contributed by atoms with Crippen molar-refractivity contribution in [2.24, 2.45) is 0 Å². The summed E-state index contributed by atoms with van der Waals surface area (Å²) in [7, 11) is 1.48. The Kier molecular flexibility index (Phi) is 3.48. The Morgan fingerprint density at radius 2 is 2.00 bits per heavy atom. The van der Waals surface area contributed by atoms with Gasteiger partial charge in [-0.15, -0.1) is 0 Å². The predicted octanol–water partition coefficient (Wildman–Crippen LogP) is 1.78. The highest BCUT2D eigenvalue weighted by Gasteiger charge is 2.17. The number of nitrogens with one attached hydrogen (secondary N) is 1. The van der Waals surface area contributed by atoms with Gasteiger partial charge in [0.05, 0.1) is 6.04 Å². The Labute approximate surface area is 83.1 Å². The minimum absolute atomic E-state index is 0.351. The number of carbonyl (C=O) groups is 1. The smallest absolute Gasteiger partial charge is 0.339 e. The van der Waals surface area contributed by atoms with E-state index < -0.39 is 6.03 Å². The van der Waals surface area contributed by atoms with Crippen LogP contribution in [0.15, 0.2) is 30.3 Å². The van der Waals surface area contributed by atoms with Crippen molar-refractivity contribution < 1.29 is 10.0 Å². The van der Waals surface area contributed by atoms with Crippen LogP contribution >= 0.6 is 0 Å². The number of hydrogen-bond donors (Lipinski definition) is 2. The fraction of sp³-hybridized carbons (Fsp3) is 0.300. The maximum absolute atomic E-state index is 11.1. The highest BCUT2D eigenvalue weighted by atomic mass is 16.5. The van der Waals surface area contributed by atoms with Crippen molar-refractivity contribution in [1.29, 1.82) is 0 Å². The summed E-state index contributed by atoms with van der Waals surface area (Å²) in [4.78, 5) is 11.1. The maximum Gasteiger partial charge on any atom is 0.341 e. The molecule has 0 spiro atoms. The van der Waals surface area contributed by atoms with Crippen LogP contribution in [0.25, 0.3) is 0 Å². The van der Waals surface area contributed by atoms with E-state index in [9.17, 15) is 10.0 Å². The van der Waals surface area contributed by atoms with E-state index >= 15 is 0 Å². The van der Waals surface area contributed by atoms with Crippen molar-refractivity contribution in [2.45, 2.75) is 13.0 Å². The van der Waals surface area contributed by atoms with Crippen molar-refractivity contribution >= 4 is 6.03 Å². The minimum Gasteiger partial charge on any atom is -0.339 e. The molecule has 4 heteroatoms. The summed E-state index contributed by atoms with van der Waals surface area (Å²) in [6, 6.07) is 8.47. The van der Waals surface area contributed by atoms with Gasteiger partial charge in [-0.2, -0.15) is 5.06 Å². The first-order valence-electron chi connectivity index (χ1n) is 4.41. The molecule has 1 aromatic rings. The highest BCUT2D eigenvalue weighted by Crippen LogP contribution is 2.17. The molecule has 0 saturated carbocycles. The van der Waals surface area contributed by atoms with Gasteiger partial charge in [-0.3, -0.25) is 5.21 Å². The van der Waals surface area contributed by atoms with E-state index in [2.05, 4.69) is 5.32 Å². The van der Waals surface area contributed by atoms with Crippen LogP contribution < -0.4 is 5.32 Å². The Balaban J connectivity index is 2.75. The lowest BCUT2D eigenvalue weighted by Gasteiger charge is -2.22. The fourth-order valence-electron chi connectivity index (χ4n) is 1.16. The van der Waals surface area contributed by atoms with Crippen LogP contribution in [0.4, 0.5) is 4.79 Å². The first-order chi connectivity index (χ1) is 6.66. The van der Waals surface area contributed by atoms with Crippen molar-refractivity contribution in [3.05, 3.63) is 35.9 Å². The van der Waals surface area contributed by atoms with Crippen molar-refractivity contribution in [2.75, 3.05) is 7.05 Å². The summed E-state index contributed by atoms with van der Waals surface area (Å²) in [5.74, 6) is 0. The monoisotopic (exact) mass is 194 g/mol. The fourth-order valence-corrected chi connectivity index (χ4v) is 1.16. The van der Waals surface area contributed by atoms with Gasteiger partial charge in [0, 0.05) is 7.05 Å². The van der Waals surface area contributed by atoms with Crippen LogP contribution in [0, 0.1) is 0 Å². The van der Waals surface area contributed by atoms with Crippen molar-refractivity contribution in [3.63, 3.8) is 0 Å². The second-order valence-corrected chi connectivity index (χ2v) is 2.99. The molecule has 0 aliphatic carbocycles. The van der Waals surface area contributed by atoms with Gasteiger partial charge in [0.1, 0.15) is 0 Å². The zero-order valence-corrected chi connectivity index (χ0v) is 8.27. The zero-order chi connectivity index (χ0) is 10.6. The summed E-state index contributed by atoms with van der Waals surface area (Å²) in [5.41, 5.74) is 0.888. The van der Waals surface area contributed by atoms with Gasteiger partial charge < -0.3 is 5.32 Å². The van der Waals surface area contributed by atoms with Gasteiger partial charge >= 0.3 is 6.03 Å². The average molecular weight is 194 g/mol. The summed E-state index contributed by atoms with van der Waals surface area (Å²) in [6.45, 7) is 1.75. The van der Waals surface area contributed by atoms with Crippen LogP contribution in [-0.2, 0) is 0 Å². The first-order valence-corrected chi connectivity index (χ1v) is 4.41. The Hall–Kier alpha value is -1.55. The normalized spacial score (nSPS) is 11.9. The molecule has 1 rings (SSSR count). The number of carbonyl (C=O) groups excluding carboxylic acids is 1. The largest absolute Gasteiger partial charge is 0.341 e. The van der Waals surface area contributed by atoms with Gasteiger partial charge in [-0.25, -0.2) is 4.79 Å². The molecule has 4 nitrogen and oxygen atoms in total. The van der Waals surface area contributed by atoms with Crippen LogP contribution in [-0.4, -0.2) is 23.3 Å². The molecule has 0 aromatic heterocycles. The third-order valence-electron chi connectivity index (χ3n) is 2.07. The number of amides is 2. The van der Waals surface area contributed by atoms with Gasteiger partial charge in [-0.05, 0) is 12.5 Å². The van der Waals surface area contributed by atoms with Crippen LogP contribution in [0.1, 0.15) is 18.5 Å². The Morgan fingerprint density at radius 1 is 1.43 bits per heavy atom. The van der Waals surface area contributed by atoms with E-state index in [1.165, 1.54) is 7.05 Å². The third-order valence-corrected chi connectivity index (χ3v) is 2.07. The molecule has 1 atom stereocenters. The standard InChI is InChI=1S/C10H14N2O2/c1-8(12(14)10(13)11-2)9-6-4-3-5-7-9/h3-8,14H,1-2H3,(H,11,13). The Morgan fingerprint density at radius 3 is 2.50 bits per heavy atom. The van der Waals surface area contributed by atoms with Crippen molar-refractivity contribution in [1.82, 2.24) is 10.4 Å². The van der Waals surface area contributed by atoms with Crippen LogP contribution in [0.5, 0.6) is 0 Å². The topological polar surface area (TPSA) is 52.6 Å². The third kappa shape index (κ3) is 2.23. The predicted molar refractivity (Wildman–Crippen MR) is 52.9 cm³/mol. The molecule has 0 aliphatic rings. The molecule has 2 N–H and O–H groups in total. The van der Waals surface area contributed by atoms with Gasteiger partial charge in [0.25, 0.3) is 0 Å². The SMILES string of the molecule is CNC(=O)N(O)C(C)c1ccccc1. The van der Waals surface area contributed by atoms with Crippen LogP contribution in [0.2, 0.25) is 0 Å². The second kappa shape index (κ2) is 4.62. The quantitative estimate of drug-likeness (QED) is 0.557. The summed E-state index contributed by atoms with van der Waals surface area (Å²) >= 11 is 0. The number of rotatable bonds is 2. The van der Waals surface area contributed by atoms with E-state index in [-0.39, 0.29) is 6.04 Å². The molecule has 2 amide bonds. The average Bonchev–Trinajstić information content (AvgIpc) is 2.27. The van der Waals surface area contributed by atoms with E-state index in [0.29, 0.717) is 5.06 Å². The molecular formula is C10H14N2O2. The molecule has 0 aliphatic heterocycles. The number of hydroxylamine groups is 2. The van der Waals surface area contributed by atoms with E-state index in [1.54, 1.807) is 6.92 Å². The molecule has 76 valence electrons. The number of urea groups is 1. The second-order valence-electron chi connectivity index (χ2n) is 2.99. The lowest BCUT2D eigenvalue weighted by atomic mass is 10.1. The summed E-state index contributed by atoms with van der Waals surface area (Å²) < 4.78 is 0. The van der Waals surface area contributed by atoms with Gasteiger partial charge in [-0.1, -0.05) is 30.3 Å². The molecule has 0 fully saturated rings. The van der Waals surface area contributed by atoms with Crippen LogP contribution in [0.3, 0.4) is 0 Å². The maximum atomic E-state index is 11.1. The Bertz CT molecular complexity index is 300. The molecule has 0 radical (unpaired) electrons. The summed E-state index contributed by atoms with van der Waals surface area (Å²) in [6.07, 6.45) is 0. The number of benzene rings is 1. The molecule has 0 bridgehead atoms. The molecule has 0 saturated heterocycles. The van der Waals surface area contributed by atoms with Gasteiger partial charge in [0.15, 0.2) is 0 Å². The minimum atomic E-state index is -0.513. The molecule has 0 heterocycles. The first kappa shape index (κ1) is 10.5. The zero-order valence-electron chi connectivity index (χ0n) is 8.27. The molecule has 1 aromatic carbocycles. The number of hydrogen-bond acceptors (Lipinski definition) is 2. The van der Waals surface area contributed by atoms with Crippen molar-refractivity contribution in [3.8, 4) is 0 Å². The highest BCUT2D eigenvalue weighted by molar-refractivity contribution is 5.72. The number of nitrogens with zero attached hydrogens (tertiary/aromatic N) is 1. The van der Waals surface area contributed by atoms with E-state index in [0.717, 1.165) is 5.56 Å². The molecular weight excluding hydrogens is 180 g/mol. The van der Waals surface area contributed by atoms with E-state index in [4.69, 9.17) is 0 Å². The van der Waals surface area contributed by atoms with Gasteiger partial charge in [0.2, 0.25) is 0 Å². The molecule has 14 heavy (non-hydrogen) atoms. The lowest BCUT2D eigenvalue weighted by Crippen LogP contribution is -2.37. The lowest BCUT2D eigenvalue weighted by molar-refractivity contribution is -0.0738. The molecule has 1 unspecified atom stereocenters. The summed E-state index contributed by atoms with van der Waals surface area (Å²) in [5, 5.41) is 12.5. The van der Waals surface area contributed by atoms with E-state index in [1.807, 2.05) is 30.3 Å².